The van der Waals surface area contributed by atoms with Gasteiger partial charge in [-0.25, -0.2) is 0 Å². The van der Waals surface area contributed by atoms with Gasteiger partial charge in [0.2, 0.25) is 5.78 Å². The number of aliphatic hydroxyl groups excluding tert-OH is 4. The van der Waals surface area contributed by atoms with Crippen molar-refractivity contribution in [3.05, 3.63) is 69.8 Å². The number of nitrogens with zero attached hydrogens (tertiary/aromatic N) is 2. The van der Waals surface area contributed by atoms with E-state index in [1.54, 1.807) is 73.6 Å². The zero-order chi connectivity index (χ0) is 46.3. The highest BCUT2D eigenvalue weighted by Gasteiger charge is 2.54. The molecule has 1 aromatic rings. The lowest BCUT2D eigenvalue weighted by Crippen LogP contribution is -2.50. The molecule has 1 aliphatic carbocycles. The zero-order valence-electron chi connectivity index (χ0n) is 37.9. The fourth-order valence-electron chi connectivity index (χ4n) is 9.23. The number of aromatic hydroxyl groups is 1. The van der Waals surface area contributed by atoms with Gasteiger partial charge in [0.1, 0.15) is 29.1 Å². The number of methoxy groups -OCH3 is 1. The smallest absolute Gasteiger partial charge is 0.344 e. The average molecular weight is 901 g/mol. The first-order valence-electron chi connectivity index (χ1n) is 21.8. The fraction of sp³-hybridized carbons (Fsp3) is 0.622. The van der Waals surface area contributed by atoms with Gasteiger partial charge in [-0.15, -0.1) is 0 Å². The van der Waals surface area contributed by atoms with Gasteiger partial charge < -0.3 is 59.4 Å². The number of aliphatic imine (C=N–C) groups is 1. The third-order valence-electron chi connectivity index (χ3n) is 13.3. The van der Waals surface area contributed by atoms with Gasteiger partial charge in [-0.2, -0.15) is 0 Å². The number of hydrogen-bond donors (Lipinski definition) is 7. The average Bonchev–Trinajstić information content (AvgIpc) is 3.75. The van der Waals surface area contributed by atoms with Gasteiger partial charge >= 0.3 is 7.60 Å². The summed E-state index contributed by atoms with van der Waals surface area (Å²) < 4.78 is 42.7. The highest BCUT2D eigenvalue weighted by molar-refractivity contribution is 7.53. The molecule has 6 aliphatic rings. The number of hydrogen-bond acceptors (Lipinski definition) is 16. The number of allylic oxidation sites excluding steroid dienone is 4. The number of piperidine rings is 1. The van der Waals surface area contributed by atoms with Gasteiger partial charge in [-0.1, -0.05) is 45.9 Å². The van der Waals surface area contributed by atoms with E-state index in [0.29, 0.717) is 25.9 Å². The number of benzene rings is 1. The van der Waals surface area contributed by atoms with Gasteiger partial charge in [0.25, 0.3) is 11.7 Å². The van der Waals surface area contributed by atoms with Crippen molar-refractivity contribution in [2.24, 2.45) is 28.7 Å². The number of amides is 1. The molecule has 1 aromatic carbocycles. The number of likely N-dealkylation sites (tertiary alicyclic amines) is 1. The number of fused-ring (bicyclic) bond motifs is 13. The minimum atomic E-state index is -3.40. The summed E-state index contributed by atoms with van der Waals surface area (Å²) in [5, 5.41) is 64.3. The Balaban J connectivity index is 1.46. The van der Waals surface area contributed by atoms with Crippen molar-refractivity contribution in [2.45, 2.75) is 117 Å². The van der Waals surface area contributed by atoms with Crippen LogP contribution in [-0.4, -0.2) is 123 Å². The molecule has 5 heterocycles. The maximum Gasteiger partial charge on any atom is 0.344 e. The number of aliphatic hydroxyl groups is 4. The van der Waals surface area contributed by atoms with Crippen molar-refractivity contribution >= 4 is 25.0 Å². The molecule has 7 rings (SSSR count). The van der Waals surface area contributed by atoms with E-state index in [1.807, 2.05) is 4.90 Å². The molecule has 1 fully saturated rings. The first-order valence-corrected chi connectivity index (χ1v) is 23.5. The summed E-state index contributed by atoms with van der Waals surface area (Å²) in [4.78, 5) is 35.9. The zero-order valence-corrected chi connectivity index (χ0v) is 38.8. The summed E-state index contributed by atoms with van der Waals surface area (Å²) >= 11 is 0. The van der Waals surface area contributed by atoms with Crippen molar-refractivity contribution < 1.29 is 62.9 Å². The first kappa shape index (κ1) is 48.6. The molecular weight excluding hydrogens is 835 g/mol. The second kappa shape index (κ2) is 18.9. The summed E-state index contributed by atoms with van der Waals surface area (Å²) in [6.45, 7) is 16.3. The predicted molar refractivity (Wildman–Crippen MR) is 234 cm³/mol. The van der Waals surface area contributed by atoms with E-state index in [1.165, 1.54) is 26.4 Å². The van der Waals surface area contributed by atoms with Crippen molar-refractivity contribution in [3.8, 4) is 11.5 Å². The van der Waals surface area contributed by atoms with Crippen LogP contribution in [-0.2, 0) is 27.9 Å². The second-order valence-electron chi connectivity index (χ2n) is 17.6. The maximum absolute atomic E-state index is 14.8. The molecule has 7 N–H and O–H groups in total. The molecule has 17 nitrogen and oxygen atoms in total. The number of ketones is 1. The Kier molecular flexibility index (Phi) is 14.6. The monoisotopic (exact) mass is 900 g/mol. The van der Waals surface area contributed by atoms with Gasteiger partial charge in [-0.3, -0.25) is 24.0 Å². The lowest BCUT2D eigenvalue weighted by atomic mass is 9.78. The van der Waals surface area contributed by atoms with Crippen molar-refractivity contribution in [2.75, 3.05) is 39.7 Å². The minimum Gasteiger partial charge on any atom is -0.507 e. The van der Waals surface area contributed by atoms with E-state index < -0.39 is 90.7 Å². The van der Waals surface area contributed by atoms with Crippen LogP contribution in [0.25, 0.3) is 0 Å². The van der Waals surface area contributed by atoms with Crippen LogP contribution >= 0.6 is 7.60 Å². The molecule has 1 spiro atoms. The van der Waals surface area contributed by atoms with E-state index in [0.717, 1.165) is 0 Å². The summed E-state index contributed by atoms with van der Waals surface area (Å²) in [6, 6.07) is 0. The highest BCUT2D eigenvalue weighted by Crippen LogP contribution is 2.55. The summed E-state index contributed by atoms with van der Waals surface area (Å²) in [5.74, 6) is -5.86. The van der Waals surface area contributed by atoms with E-state index in [4.69, 9.17) is 28.3 Å². The van der Waals surface area contributed by atoms with Crippen molar-refractivity contribution in [1.29, 1.82) is 0 Å². The van der Waals surface area contributed by atoms with Gasteiger partial charge in [0.15, 0.2) is 6.10 Å². The Bertz CT molecular complexity index is 2140. The molecule has 63 heavy (non-hydrogen) atoms. The molecule has 0 saturated carbocycles. The number of phenolic OH excluding ortho intramolecular Hbond substituents is 1. The standard InChI is InChI=1S/C45H65N4O13P/c1-11-60-63(57,61-12-2)22-49-19-17-45(18-20-49)47-33-30-31-39(53)28(8)41-32(30)42(55)44(9,62-41)59-21-16-29(58-10)25(5)37(51)27(7)38(52)26(6)36(50)23(3)14-13-15-24(4)43(56)46-35(40(31)54)34(33)48-45/h13-16,21,23,25-27,29,36-38,42,48,50-53,55H,11-12,17-20,22H2,1-10H3,(H,46,56)/b14-13+,21-16+,24-15-/t23-,25+,26+,27-,29-,36-,37+,38+,42?,44-/m0/s1. The van der Waals surface area contributed by atoms with Crippen LogP contribution in [0.5, 0.6) is 11.5 Å². The van der Waals surface area contributed by atoms with Crippen LogP contribution in [0.1, 0.15) is 101 Å². The van der Waals surface area contributed by atoms with E-state index in [2.05, 4.69) is 10.6 Å². The molecule has 0 radical (unpaired) electrons. The molecule has 1 unspecified atom stereocenters. The molecular formula is C45H65N4O13P. The number of nitrogens with one attached hydrogen (secondary N) is 2. The molecule has 5 aliphatic heterocycles. The summed E-state index contributed by atoms with van der Waals surface area (Å²) in [6.07, 6.45) is 3.06. The number of carbonyl (C=O) groups excluding carboxylic acids is 2. The second-order valence-corrected chi connectivity index (χ2v) is 19.7. The number of phenols is 1. The third kappa shape index (κ3) is 9.18. The Hall–Kier alpha value is -3.90. The van der Waals surface area contributed by atoms with Crippen LogP contribution in [0.2, 0.25) is 0 Å². The molecule has 348 valence electrons. The molecule has 5 bridgehead atoms. The Morgan fingerprint density at radius 2 is 1.54 bits per heavy atom. The third-order valence-corrected chi connectivity index (χ3v) is 15.3. The highest BCUT2D eigenvalue weighted by atomic mass is 31.2. The van der Waals surface area contributed by atoms with Crippen molar-refractivity contribution in [3.63, 3.8) is 0 Å². The van der Waals surface area contributed by atoms with Gasteiger partial charge in [0.05, 0.1) is 60.9 Å². The number of rotatable bonds is 7. The predicted octanol–water partition coefficient (Wildman–Crippen LogP) is 4.46. The molecule has 10 atom stereocenters. The topological polar surface area (TPSA) is 238 Å². The van der Waals surface area contributed by atoms with Crippen molar-refractivity contribution in [1.82, 2.24) is 15.5 Å². The Morgan fingerprint density at radius 1 is 0.921 bits per heavy atom. The normalized spacial score (nSPS) is 34.6. The molecule has 1 amide bonds. The number of carbonyl (C=O) groups is 2. The molecule has 0 aromatic heterocycles. The largest absolute Gasteiger partial charge is 0.507 e. The van der Waals surface area contributed by atoms with Crippen LogP contribution in [0.3, 0.4) is 0 Å². The van der Waals surface area contributed by atoms with E-state index in [9.17, 15) is 39.7 Å². The maximum atomic E-state index is 14.8. The number of ether oxygens (including phenoxy) is 3. The van der Waals surface area contributed by atoms with E-state index in [-0.39, 0.29) is 70.2 Å². The Labute approximate surface area is 369 Å². The SMILES string of the molecule is CCOP(=O)(CN1CCC2(CC1)N=C1C(=C3NC(=O)/C(C)=C\C=C\[C@H](C)[C@H](O)[C@@H](C)[C@@H](O)[C@@H](C)[C@H](O)[C@H](C)[C@@H](OC)/C=C/O[C@@]4(C)Oc5c(C)c(O)c(c1c5C4O)C3=O)N2)OCC. The molecule has 1 saturated heterocycles. The Morgan fingerprint density at radius 3 is 2.16 bits per heavy atom. The fourth-order valence-corrected chi connectivity index (χ4v) is 11.0. The summed E-state index contributed by atoms with van der Waals surface area (Å²) in [5.41, 5.74) is -0.256. The molecule has 18 heteroatoms. The van der Waals surface area contributed by atoms with Gasteiger partial charge in [0, 0.05) is 85.9 Å². The number of Topliss-reactive ketones (excluding diaryl/α,β-unsaturated/α-hetero) is 1. The van der Waals surface area contributed by atoms with Crippen LogP contribution in [0, 0.1) is 30.6 Å². The summed E-state index contributed by atoms with van der Waals surface area (Å²) in [7, 11) is -1.94. The van der Waals surface area contributed by atoms with Crippen LogP contribution < -0.4 is 15.4 Å². The van der Waals surface area contributed by atoms with E-state index >= 15 is 0 Å². The van der Waals surface area contributed by atoms with Crippen LogP contribution in [0.4, 0.5) is 0 Å². The quantitative estimate of drug-likeness (QED) is 0.187. The first-order chi connectivity index (χ1) is 29.7. The lowest BCUT2D eigenvalue weighted by molar-refractivity contribution is -0.181. The van der Waals surface area contributed by atoms with Gasteiger partial charge in [-0.05, 0) is 33.8 Å². The lowest BCUT2D eigenvalue weighted by Gasteiger charge is -2.38. The minimum absolute atomic E-state index is 0.0758. The van der Waals surface area contributed by atoms with Crippen LogP contribution in [0.15, 0.2) is 52.5 Å².